The Morgan fingerprint density at radius 3 is 2.60 bits per heavy atom. The molecular formula is C24H26N4O2. The Morgan fingerprint density at radius 1 is 1.00 bits per heavy atom. The second kappa shape index (κ2) is 9.08. The molecule has 0 aliphatic carbocycles. The fourth-order valence-corrected chi connectivity index (χ4v) is 4.42. The van der Waals surface area contributed by atoms with Crippen molar-refractivity contribution in [2.75, 3.05) is 26.2 Å². The molecule has 6 nitrogen and oxygen atoms in total. The van der Waals surface area contributed by atoms with E-state index in [1.165, 1.54) is 6.42 Å². The van der Waals surface area contributed by atoms with Gasteiger partial charge in [0.25, 0.3) is 11.8 Å². The van der Waals surface area contributed by atoms with Crippen molar-refractivity contribution in [1.82, 2.24) is 14.8 Å². The van der Waals surface area contributed by atoms with E-state index in [1.54, 1.807) is 30.5 Å². The molecule has 2 aromatic rings. The zero-order valence-corrected chi connectivity index (χ0v) is 17.1. The fraction of sp³-hybridized carbons (Fsp3) is 0.417. The van der Waals surface area contributed by atoms with Gasteiger partial charge < -0.3 is 9.80 Å². The molecule has 1 aromatic carbocycles. The van der Waals surface area contributed by atoms with Gasteiger partial charge in [-0.2, -0.15) is 5.26 Å². The van der Waals surface area contributed by atoms with Crippen LogP contribution in [-0.2, 0) is 6.42 Å². The predicted octanol–water partition coefficient (Wildman–Crippen LogP) is 3.28. The van der Waals surface area contributed by atoms with E-state index >= 15 is 0 Å². The van der Waals surface area contributed by atoms with E-state index in [4.69, 9.17) is 5.26 Å². The molecule has 3 heterocycles. The van der Waals surface area contributed by atoms with Crippen molar-refractivity contribution in [1.29, 1.82) is 5.26 Å². The first kappa shape index (κ1) is 20.1. The second-order valence-corrected chi connectivity index (χ2v) is 8.24. The molecule has 4 rings (SSSR count). The van der Waals surface area contributed by atoms with E-state index in [0.29, 0.717) is 35.7 Å². The van der Waals surface area contributed by atoms with E-state index in [2.05, 4.69) is 11.1 Å². The molecular weight excluding hydrogens is 376 g/mol. The second-order valence-electron chi connectivity index (χ2n) is 8.24. The zero-order chi connectivity index (χ0) is 20.9. The summed E-state index contributed by atoms with van der Waals surface area (Å²) in [7, 11) is 0. The number of carbonyl (C=O) groups is 2. The van der Waals surface area contributed by atoms with Crippen LogP contribution in [0.1, 0.15) is 57.5 Å². The minimum Gasteiger partial charge on any atom is -0.339 e. The van der Waals surface area contributed by atoms with Crippen LogP contribution in [0, 0.1) is 17.2 Å². The van der Waals surface area contributed by atoms with Gasteiger partial charge in [0.2, 0.25) is 0 Å². The van der Waals surface area contributed by atoms with Gasteiger partial charge in [-0.3, -0.25) is 14.6 Å². The van der Waals surface area contributed by atoms with Gasteiger partial charge in [0.15, 0.2) is 0 Å². The molecule has 1 unspecified atom stereocenters. The van der Waals surface area contributed by atoms with Crippen molar-refractivity contribution in [2.45, 2.75) is 32.1 Å². The molecule has 154 valence electrons. The molecule has 0 radical (unpaired) electrons. The number of aromatic nitrogens is 1. The van der Waals surface area contributed by atoms with Crippen molar-refractivity contribution in [2.24, 2.45) is 5.92 Å². The summed E-state index contributed by atoms with van der Waals surface area (Å²) < 4.78 is 0. The number of benzene rings is 1. The summed E-state index contributed by atoms with van der Waals surface area (Å²) in [5.41, 5.74) is 2.76. The van der Waals surface area contributed by atoms with E-state index in [1.807, 2.05) is 22.1 Å². The van der Waals surface area contributed by atoms with Crippen LogP contribution in [0.25, 0.3) is 0 Å². The third kappa shape index (κ3) is 4.51. The number of hydrogen-bond donors (Lipinski definition) is 0. The van der Waals surface area contributed by atoms with Gasteiger partial charge in [-0.05, 0) is 67.9 Å². The SMILES string of the molecule is N#Cc1cccc(C(=O)N2CCC(Cc3cncc(C(=O)N4CCCCC4)c3)C2)c1. The number of carbonyl (C=O) groups excluding carboxylic acids is 2. The van der Waals surface area contributed by atoms with E-state index < -0.39 is 0 Å². The van der Waals surface area contributed by atoms with Gasteiger partial charge in [0, 0.05) is 44.1 Å². The third-order valence-electron chi connectivity index (χ3n) is 6.02. The molecule has 2 amide bonds. The number of rotatable bonds is 4. The van der Waals surface area contributed by atoms with Crippen molar-refractivity contribution in [3.63, 3.8) is 0 Å². The van der Waals surface area contributed by atoms with Crippen molar-refractivity contribution in [3.05, 3.63) is 65.0 Å². The van der Waals surface area contributed by atoms with Crippen LogP contribution >= 0.6 is 0 Å². The van der Waals surface area contributed by atoms with Gasteiger partial charge in [-0.15, -0.1) is 0 Å². The van der Waals surface area contributed by atoms with E-state index in [9.17, 15) is 9.59 Å². The summed E-state index contributed by atoms with van der Waals surface area (Å²) in [6.45, 7) is 3.05. The van der Waals surface area contributed by atoms with Gasteiger partial charge in [-0.25, -0.2) is 0 Å². The predicted molar refractivity (Wildman–Crippen MR) is 113 cm³/mol. The minimum atomic E-state index is -0.0262. The Hall–Kier alpha value is -3.20. The Balaban J connectivity index is 1.38. The van der Waals surface area contributed by atoms with Crippen LogP contribution in [0.4, 0.5) is 0 Å². The highest BCUT2D eigenvalue weighted by molar-refractivity contribution is 5.95. The molecule has 2 fully saturated rings. The van der Waals surface area contributed by atoms with Crippen molar-refractivity contribution >= 4 is 11.8 Å². The van der Waals surface area contributed by atoms with Crippen LogP contribution in [0.3, 0.4) is 0 Å². The monoisotopic (exact) mass is 402 g/mol. The Bertz CT molecular complexity index is 975. The number of nitrogens with zero attached hydrogens (tertiary/aromatic N) is 4. The number of hydrogen-bond acceptors (Lipinski definition) is 4. The topological polar surface area (TPSA) is 77.3 Å². The number of amides is 2. The summed E-state index contributed by atoms with van der Waals surface area (Å²) in [4.78, 5) is 33.6. The molecule has 6 heteroatoms. The van der Waals surface area contributed by atoms with Crippen LogP contribution in [-0.4, -0.2) is 52.8 Å². The Kier molecular flexibility index (Phi) is 6.08. The first-order valence-corrected chi connectivity index (χ1v) is 10.7. The van der Waals surface area contributed by atoms with Crippen molar-refractivity contribution in [3.8, 4) is 6.07 Å². The molecule has 1 atom stereocenters. The quantitative estimate of drug-likeness (QED) is 0.786. The fourth-order valence-electron chi connectivity index (χ4n) is 4.42. The van der Waals surface area contributed by atoms with Crippen LogP contribution in [0.5, 0.6) is 0 Å². The molecule has 2 saturated heterocycles. The average molecular weight is 402 g/mol. The lowest BCUT2D eigenvalue weighted by Gasteiger charge is -2.26. The lowest BCUT2D eigenvalue weighted by molar-refractivity contribution is 0.0723. The lowest BCUT2D eigenvalue weighted by Crippen LogP contribution is -2.35. The molecule has 0 spiro atoms. The summed E-state index contributed by atoms with van der Waals surface area (Å²) in [6, 6.07) is 10.9. The lowest BCUT2D eigenvalue weighted by atomic mass is 9.98. The highest BCUT2D eigenvalue weighted by Crippen LogP contribution is 2.23. The molecule has 30 heavy (non-hydrogen) atoms. The maximum Gasteiger partial charge on any atom is 0.255 e. The van der Waals surface area contributed by atoms with Crippen molar-refractivity contribution < 1.29 is 9.59 Å². The Morgan fingerprint density at radius 2 is 1.80 bits per heavy atom. The molecule has 0 saturated carbocycles. The maximum absolute atomic E-state index is 12.8. The zero-order valence-electron chi connectivity index (χ0n) is 17.1. The van der Waals surface area contributed by atoms with E-state index in [0.717, 1.165) is 44.3 Å². The smallest absolute Gasteiger partial charge is 0.255 e. The standard InChI is InChI=1S/C24H26N4O2/c25-14-18-5-4-6-21(12-18)23(29)28-10-7-19(17-28)11-20-13-22(16-26-15-20)24(30)27-8-2-1-3-9-27/h4-6,12-13,15-16,19H,1-3,7-11,17H2. The number of pyridine rings is 1. The first-order valence-electron chi connectivity index (χ1n) is 10.7. The van der Waals surface area contributed by atoms with Crippen LogP contribution in [0.2, 0.25) is 0 Å². The van der Waals surface area contributed by atoms with Gasteiger partial charge in [-0.1, -0.05) is 6.07 Å². The average Bonchev–Trinajstić information content (AvgIpc) is 3.27. The molecule has 0 bridgehead atoms. The van der Waals surface area contributed by atoms with Gasteiger partial charge in [0.1, 0.15) is 0 Å². The number of nitriles is 1. The van der Waals surface area contributed by atoms with Crippen LogP contribution in [0.15, 0.2) is 42.7 Å². The van der Waals surface area contributed by atoms with Gasteiger partial charge in [0.05, 0.1) is 17.2 Å². The normalized spacial score (nSPS) is 18.8. The van der Waals surface area contributed by atoms with Crippen LogP contribution < -0.4 is 0 Å². The highest BCUT2D eigenvalue weighted by atomic mass is 16.2. The molecule has 1 aromatic heterocycles. The summed E-state index contributed by atoms with van der Waals surface area (Å²) in [5.74, 6) is 0.390. The van der Waals surface area contributed by atoms with Gasteiger partial charge >= 0.3 is 0 Å². The summed E-state index contributed by atoms with van der Waals surface area (Å²) >= 11 is 0. The summed E-state index contributed by atoms with van der Waals surface area (Å²) in [6.07, 6.45) is 8.55. The van der Waals surface area contributed by atoms with E-state index in [-0.39, 0.29) is 11.8 Å². The maximum atomic E-state index is 12.8. The third-order valence-corrected chi connectivity index (χ3v) is 6.02. The first-order chi connectivity index (χ1) is 14.6. The highest BCUT2D eigenvalue weighted by Gasteiger charge is 2.27. The molecule has 2 aliphatic heterocycles. The number of piperidine rings is 1. The Labute approximate surface area is 177 Å². The minimum absolute atomic E-state index is 0.0262. The molecule has 0 N–H and O–H groups in total. The largest absolute Gasteiger partial charge is 0.339 e. The molecule has 2 aliphatic rings. The summed E-state index contributed by atoms with van der Waals surface area (Å²) in [5, 5.41) is 9.05. The number of likely N-dealkylation sites (tertiary alicyclic amines) is 2.